The molecule has 0 bridgehead atoms. The number of rotatable bonds is 4. The molecule has 1 aromatic rings. The molecule has 7 heteroatoms. The molecule has 1 aliphatic heterocycles. The summed E-state index contributed by atoms with van der Waals surface area (Å²) in [6, 6.07) is 5.11. The Morgan fingerprint density at radius 2 is 2.08 bits per heavy atom. The van der Waals surface area contributed by atoms with Crippen LogP contribution in [0.3, 0.4) is 0 Å². The molecule has 3 atom stereocenters. The summed E-state index contributed by atoms with van der Waals surface area (Å²) in [6.45, 7) is 4.41. The second-order valence-electron chi connectivity index (χ2n) is 7.01. The summed E-state index contributed by atoms with van der Waals surface area (Å²) < 4.78 is 34.3. The highest BCUT2D eigenvalue weighted by Crippen LogP contribution is 2.35. The monoisotopic (exact) mass is 374 g/mol. The average Bonchev–Trinajstić information content (AvgIpc) is 2.88. The topological polar surface area (TPSA) is 81.4 Å². The molecule has 0 spiro atoms. The number of hydrogen-bond acceptors (Lipinski definition) is 4. The van der Waals surface area contributed by atoms with Crippen molar-refractivity contribution in [2.45, 2.75) is 62.5 Å². The summed E-state index contributed by atoms with van der Waals surface area (Å²) in [5.74, 6) is 1.03. The van der Waals surface area contributed by atoms with Gasteiger partial charge in [0.1, 0.15) is 11.9 Å². The zero-order chi connectivity index (χ0) is 16.7. The van der Waals surface area contributed by atoms with Crippen molar-refractivity contribution in [1.82, 2.24) is 4.72 Å². The van der Waals surface area contributed by atoms with E-state index < -0.39 is 15.6 Å². The van der Waals surface area contributed by atoms with Crippen molar-refractivity contribution in [3.8, 4) is 5.75 Å². The molecule has 3 unspecified atom stereocenters. The molecule has 0 saturated heterocycles. The molecule has 1 heterocycles. The van der Waals surface area contributed by atoms with E-state index in [9.17, 15) is 8.42 Å². The van der Waals surface area contributed by atoms with E-state index >= 15 is 0 Å². The second-order valence-corrected chi connectivity index (χ2v) is 8.70. The molecule has 0 radical (unpaired) electrons. The molecule has 3 N–H and O–H groups in total. The molecule has 0 aromatic heterocycles. The molecule has 0 amide bonds. The third-order valence-electron chi connectivity index (χ3n) is 5.33. The Balaban J connectivity index is 0.00000208. The molecule has 2 aliphatic rings. The lowest BCUT2D eigenvalue weighted by atomic mass is 9.74. The number of nitrogens with one attached hydrogen (secondary N) is 1. The van der Waals surface area contributed by atoms with Gasteiger partial charge in [-0.05, 0) is 49.4 Å². The van der Waals surface area contributed by atoms with Crippen LogP contribution in [0.15, 0.2) is 23.1 Å². The van der Waals surface area contributed by atoms with Gasteiger partial charge in [-0.25, -0.2) is 13.1 Å². The van der Waals surface area contributed by atoms with Crippen molar-refractivity contribution in [2.24, 2.45) is 11.7 Å². The van der Waals surface area contributed by atoms with E-state index in [1.165, 1.54) is 0 Å². The van der Waals surface area contributed by atoms with Gasteiger partial charge in [0, 0.05) is 18.5 Å². The normalized spacial score (nSPS) is 29.5. The molecular formula is C17H27ClN2O3S. The standard InChI is InChI=1S/C17H26N2O3S.ClH/c1-12-5-3-4-8-17(12,11-18)19-23(20,21)15-6-7-16-14(10-15)9-13(2)22-16;/h6-7,10,12-13,19H,3-5,8-9,11,18H2,1-2H3;1H. The van der Waals surface area contributed by atoms with Gasteiger partial charge >= 0.3 is 0 Å². The zero-order valence-corrected chi connectivity index (χ0v) is 15.9. The molecule has 136 valence electrons. The van der Waals surface area contributed by atoms with E-state index in [1.807, 2.05) is 6.92 Å². The molecule has 1 aromatic carbocycles. The minimum absolute atomic E-state index is 0. The summed E-state index contributed by atoms with van der Waals surface area (Å²) in [4.78, 5) is 0.305. The third kappa shape index (κ3) is 3.57. The highest BCUT2D eigenvalue weighted by molar-refractivity contribution is 7.89. The van der Waals surface area contributed by atoms with Crippen LogP contribution in [-0.2, 0) is 16.4 Å². The maximum Gasteiger partial charge on any atom is 0.241 e. The van der Waals surface area contributed by atoms with Gasteiger partial charge in [-0.3, -0.25) is 0 Å². The van der Waals surface area contributed by atoms with Gasteiger partial charge in [0.05, 0.1) is 4.90 Å². The van der Waals surface area contributed by atoms with Crippen LogP contribution in [0.5, 0.6) is 5.75 Å². The number of benzene rings is 1. The zero-order valence-electron chi connectivity index (χ0n) is 14.2. The second kappa shape index (κ2) is 7.20. The Morgan fingerprint density at radius 3 is 2.75 bits per heavy atom. The van der Waals surface area contributed by atoms with Crippen LogP contribution < -0.4 is 15.2 Å². The summed E-state index contributed by atoms with van der Waals surface area (Å²) in [6.07, 6.45) is 4.81. The van der Waals surface area contributed by atoms with Crippen molar-refractivity contribution in [2.75, 3.05) is 6.54 Å². The third-order valence-corrected chi connectivity index (χ3v) is 6.88. The minimum atomic E-state index is -3.59. The van der Waals surface area contributed by atoms with Crippen molar-refractivity contribution in [3.63, 3.8) is 0 Å². The largest absolute Gasteiger partial charge is 0.490 e. The predicted octanol–water partition coefficient (Wildman–Crippen LogP) is 2.62. The Bertz CT molecular complexity index is 695. The van der Waals surface area contributed by atoms with E-state index in [4.69, 9.17) is 10.5 Å². The Morgan fingerprint density at radius 1 is 1.33 bits per heavy atom. The number of halogens is 1. The van der Waals surface area contributed by atoms with Crippen LogP contribution in [0.1, 0.15) is 45.1 Å². The fourth-order valence-corrected chi connectivity index (χ4v) is 5.39. The fraction of sp³-hybridized carbons (Fsp3) is 0.647. The van der Waals surface area contributed by atoms with Crippen LogP contribution >= 0.6 is 12.4 Å². The van der Waals surface area contributed by atoms with Crippen molar-refractivity contribution < 1.29 is 13.2 Å². The molecule has 5 nitrogen and oxygen atoms in total. The van der Waals surface area contributed by atoms with Gasteiger partial charge in [0.15, 0.2) is 0 Å². The summed E-state index contributed by atoms with van der Waals surface area (Å²) in [5, 5.41) is 0. The number of sulfonamides is 1. The van der Waals surface area contributed by atoms with Crippen LogP contribution in [0, 0.1) is 5.92 Å². The molecule has 3 rings (SSSR count). The quantitative estimate of drug-likeness (QED) is 0.848. The highest BCUT2D eigenvalue weighted by atomic mass is 35.5. The van der Waals surface area contributed by atoms with Gasteiger partial charge in [-0.15, -0.1) is 12.4 Å². The Kier molecular flexibility index (Phi) is 5.85. The maximum atomic E-state index is 12.9. The number of ether oxygens (including phenoxy) is 1. The lowest BCUT2D eigenvalue weighted by Crippen LogP contribution is -2.58. The van der Waals surface area contributed by atoms with E-state index in [0.717, 1.165) is 43.4 Å². The SMILES string of the molecule is CC1Cc2cc(S(=O)(=O)NC3(CN)CCCCC3C)ccc2O1.Cl. The number of hydrogen-bond donors (Lipinski definition) is 2. The van der Waals surface area contributed by atoms with E-state index in [-0.39, 0.29) is 24.4 Å². The van der Waals surface area contributed by atoms with E-state index in [2.05, 4.69) is 11.6 Å². The summed E-state index contributed by atoms with van der Waals surface area (Å²) >= 11 is 0. The smallest absolute Gasteiger partial charge is 0.241 e. The highest BCUT2D eigenvalue weighted by Gasteiger charge is 2.40. The maximum absolute atomic E-state index is 12.9. The molecular weight excluding hydrogens is 348 g/mol. The predicted molar refractivity (Wildman–Crippen MR) is 97.2 cm³/mol. The molecule has 24 heavy (non-hydrogen) atoms. The average molecular weight is 375 g/mol. The lowest BCUT2D eigenvalue weighted by molar-refractivity contribution is 0.191. The van der Waals surface area contributed by atoms with Crippen LogP contribution in [-0.4, -0.2) is 26.6 Å². The van der Waals surface area contributed by atoms with Gasteiger partial charge in [-0.1, -0.05) is 19.8 Å². The first-order valence-electron chi connectivity index (χ1n) is 8.40. The van der Waals surface area contributed by atoms with Crippen LogP contribution in [0.4, 0.5) is 0 Å². The number of fused-ring (bicyclic) bond motifs is 1. The summed E-state index contributed by atoms with van der Waals surface area (Å²) in [7, 11) is -3.59. The first kappa shape index (κ1) is 19.5. The molecule has 1 aliphatic carbocycles. The van der Waals surface area contributed by atoms with E-state index in [0.29, 0.717) is 11.4 Å². The minimum Gasteiger partial charge on any atom is -0.490 e. The Labute approximate surface area is 150 Å². The number of nitrogens with two attached hydrogens (primary N) is 1. The van der Waals surface area contributed by atoms with Crippen molar-refractivity contribution in [3.05, 3.63) is 23.8 Å². The first-order valence-corrected chi connectivity index (χ1v) is 9.88. The van der Waals surface area contributed by atoms with E-state index in [1.54, 1.807) is 18.2 Å². The van der Waals surface area contributed by atoms with Crippen LogP contribution in [0.25, 0.3) is 0 Å². The fourth-order valence-electron chi connectivity index (χ4n) is 3.80. The van der Waals surface area contributed by atoms with Crippen LogP contribution in [0.2, 0.25) is 0 Å². The molecule has 1 saturated carbocycles. The van der Waals surface area contributed by atoms with Crippen molar-refractivity contribution in [1.29, 1.82) is 0 Å². The van der Waals surface area contributed by atoms with Gasteiger partial charge < -0.3 is 10.5 Å². The Hall–Kier alpha value is -0.820. The lowest BCUT2D eigenvalue weighted by Gasteiger charge is -2.42. The molecule has 1 fully saturated rings. The summed E-state index contributed by atoms with van der Waals surface area (Å²) in [5.41, 5.74) is 6.40. The van der Waals surface area contributed by atoms with Crippen molar-refractivity contribution >= 4 is 22.4 Å². The van der Waals surface area contributed by atoms with Gasteiger partial charge in [-0.2, -0.15) is 0 Å². The van der Waals surface area contributed by atoms with Gasteiger partial charge in [0.25, 0.3) is 0 Å². The van der Waals surface area contributed by atoms with Gasteiger partial charge in [0.2, 0.25) is 10.0 Å². The first-order chi connectivity index (χ1) is 10.9.